The van der Waals surface area contributed by atoms with Gasteiger partial charge in [-0.2, -0.15) is 0 Å². The number of nitrogens with two attached hydrogens (primary N) is 1. The van der Waals surface area contributed by atoms with Gasteiger partial charge in [-0.3, -0.25) is 0 Å². The summed E-state index contributed by atoms with van der Waals surface area (Å²) in [4.78, 5) is 0. The zero-order valence-corrected chi connectivity index (χ0v) is 9.01. The van der Waals surface area contributed by atoms with E-state index < -0.39 is 12.1 Å². The summed E-state index contributed by atoms with van der Waals surface area (Å²) in [6.07, 6.45) is -0.666. The van der Waals surface area contributed by atoms with Crippen molar-refractivity contribution in [2.24, 2.45) is 5.73 Å². The molecule has 0 heterocycles. The predicted molar refractivity (Wildman–Crippen MR) is 57.0 cm³/mol. The van der Waals surface area contributed by atoms with Crippen molar-refractivity contribution in [2.75, 3.05) is 0 Å². The van der Waals surface area contributed by atoms with E-state index in [1.807, 2.05) is 0 Å². The van der Waals surface area contributed by atoms with Crippen LogP contribution in [0.5, 0.6) is 0 Å². The fourth-order valence-corrected chi connectivity index (χ4v) is 1.25. The maximum Gasteiger partial charge on any atom is 0.126 e. The molecule has 0 fully saturated rings. The van der Waals surface area contributed by atoms with Gasteiger partial charge in [0.15, 0.2) is 0 Å². The lowest BCUT2D eigenvalue weighted by molar-refractivity contribution is 0.164. The molecule has 0 aliphatic heterocycles. The van der Waals surface area contributed by atoms with E-state index in [9.17, 15) is 9.50 Å². The van der Waals surface area contributed by atoms with E-state index in [0.717, 1.165) is 0 Å². The first-order valence-corrected chi connectivity index (χ1v) is 4.22. The minimum absolute atomic E-state index is 0. The van der Waals surface area contributed by atoms with Gasteiger partial charge in [0, 0.05) is 0 Å². The van der Waals surface area contributed by atoms with Crippen molar-refractivity contribution in [3.63, 3.8) is 0 Å². The van der Waals surface area contributed by atoms with Gasteiger partial charge in [-0.05, 0) is 31.0 Å². The molecule has 0 aliphatic rings. The highest BCUT2D eigenvalue weighted by Crippen LogP contribution is 2.20. The summed E-state index contributed by atoms with van der Waals surface area (Å²) in [6, 6.07) is 4.19. The number of benzene rings is 1. The standard InChI is InChI=1S/C10H14FNO.ClH/c1-6-8(10(12)7(2)13)4-3-5-9(6)11;/h3-5,7,10,13H,12H2,1-2H3;1H/t7-,10-;/m0./s1. The Hall–Kier alpha value is -0.640. The van der Waals surface area contributed by atoms with Crippen molar-refractivity contribution < 1.29 is 9.50 Å². The topological polar surface area (TPSA) is 46.2 Å². The van der Waals surface area contributed by atoms with Gasteiger partial charge >= 0.3 is 0 Å². The van der Waals surface area contributed by atoms with E-state index in [4.69, 9.17) is 5.73 Å². The van der Waals surface area contributed by atoms with Gasteiger partial charge in [-0.1, -0.05) is 12.1 Å². The molecule has 4 heteroatoms. The lowest BCUT2D eigenvalue weighted by Crippen LogP contribution is -2.24. The first-order chi connectivity index (χ1) is 6.04. The van der Waals surface area contributed by atoms with E-state index in [1.54, 1.807) is 26.0 Å². The number of rotatable bonds is 2. The van der Waals surface area contributed by atoms with Gasteiger partial charge < -0.3 is 10.8 Å². The van der Waals surface area contributed by atoms with Crippen LogP contribution in [0.15, 0.2) is 18.2 Å². The van der Waals surface area contributed by atoms with Crippen LogP contribution in [0.2, 0.25) is 0 Å². The lowest BCUT2D eigenvalue weighted by Gasteiger charge is -2.17. The molecule has 2 atom stereocenters. The highest BCUT2D eigenvalue weighted by molar-refractivity contribution is 5.85. The Bertz CT molecular complexity index is 304. The molecular formula is C10H15ClFNO. The molecule has 0 saturated heterocycles. The lowest BCUT2D eigenvalue weighted by atomic mass is 9.98. The molecule has 0 unspecified atom stereocenters. The van der Waals surface area contributed by atoms with Crippen molar-refractivity contribution in [1.29, 1.82) is 0 Å². The smallest absolute Gasteiger partial charge is 0.126 e. The summed E-state index contributed by atoms with van der Waals surface area (Å²) < 4.78 is 13.1. The number of aliphatic hydroxyl groups is 1. The molecule has 1 aromatic rings. The van der Waals surface area contributed by atoms with Crippen molar-refractivity contribution in [1.82, 2.24) is 0 Å². The average molecular weight is 220 g/mol. The first kappa shape index (κ1) is 13.4. The van der Waals surface area contributed by atoms with Crippen molar-refractivity contribution in [3.8, 4) is 0 Å². The van der Waals surface area contributed by atoms with Gasteiger partial charge in [0.2, 0.25) is 0 Å². The monoisotopic (exact) mass is 219 g/mol. The molecule has 3 N–H and O–H groups in total. The van der Waals surface area contributed by atoms with Crippen LogP contribution in [0.4, 0.5) is 4.39 Å². The number of halogens is 2. The second-order valence-corrected chi connectivity index (χ2v) is 3.22. The summed E-state index contributed by atoms with van der Waals surface area (Å²) >= 11 is 0. The third-order valence-electron chi connectivity index (χ3n) is 2.19. The molecule has 0 aromatic heterocycles. The Labute approximate surface area is 89.3 Å². The molecule has 0 amide bonds. The van der Waals surface area contributed by atoms with Crippen LogP contribution >= 0.6 is 12.4 Å². The van der Waals surface area contributed by atoms with Crippen molar-refractivity contribution in [2.45, 2.75) is 26.0 Å². The third-order valence-corrected chi connectivity index (χ3v) is 2.19. The van der Waals surface area contributed by atoms with Gasteiger partial charge in [0.05, 0.1) is 12.1 Å². The average Bonchev–Trinajstić information content (AvgIpc) is 2.08. The molecule has 0 radical (unpaired) electrons. The molecule has 2 nitrogen and oxygen atoms in total. The largest absolute Gasteiger partial charge is 0.391 e. The molecule has 0 spiro atoms. The zero-order valence-electron chi connectivity index (χ0n) is 8.20. The van der Waals surface area contributed by atoms with Crippen LogP contribution in [-0.2, 0) is 0 Å². The Morgan fingerprint density at radius 2 is 2.00 bits per heavy atom. The van der Waals surface area contributed by atoms with Crippen molar-refractivity contribution in [3.05, 3.63) is 35.1 Å². The van der Waals surface area contributed by atoms with Crippen LogP contribution in [0.3, 0.4) is 0 Å². The summed E-state index contributed by atoms with van der Waals surface area (Å²) in [5, 5.41) is 9.24. The quantitative estimate of drug-likeness (QED) is 0.799. The summed E-state index contributed by atoms with van der Waals surface area (Å²) in [5.74, 6) is -0.284. The van der Waals surface area contributed by atoms with Crippen LogP contribution < -0.4 is 5.73 Å². The second-order valence-electron chi connectivity index (χ2n) is 3.22. The Morgan fingerprint density at radius 1 is 1.43 bits per heavy atom. The summed E-state index contributed by atoms with van der Waals surface area (Å²) in [7, 11) is 0. The number of hydrogen-bond acceptors (Lipinski definition) is 2. The summed E-state index contributed by atoms with van der Waals surface area (Å²) in [5.41, 5.74) is 6.86. The fourth-order valence-electron chi connectivity index (χ4n) is 1.25. The van der Waals surface area contributed by atoms with E-state index in [0.29, 0.717) is 11.1 Å². The summed E-state index contributed by atoms with van der Waals surface area (Å²) in [6.45, 7) is 3.25. The van der Waals surface area contributed by atoms with Gasteiger partial charge in [-0.25, -0.2) is 4.39 Å². The minimum atomic E-state index is -0.666. The molecule has 1 aromatic carbocycles. The SMILES string of the molecule is Cc1c(F)cccc1[C@@H](N)[C@H](C)O.Cl. The van der Waals surface area contributed by atoms with E-state index in [1.165, 1.54) is 6.07 Å². The number of hydrogen-bond donors (Lipinski definition) is 2. The van der Waals surface area contributed by atoms with Gasteiger partial charge in [0.25, 0.3) is 0 Å². The Balaban J connectivity index is 0.00000169. The second kappa shape index (κ2) is 5.29. The molecule has 0 aliphatic carbocycles. The number of aliphatic hydroxyl groups excluding tert-OH is 1. The van der Waals surface area contributed by atoms with Gasteiger partial charge in [0.1, 0.15) is 5.82 Å². The van der Waals surface area contributed by atoms with Gasteiger partial charge in [-0.15, -0.1) is 12.4 Å². The van der Waals surface area contributed by atoms with Crippen LogP contribution in [0.25, 0.3) is 0 Å². The third kappa shape index (κ3) is 2.67. The van der Waals surface area contributed by atoms with E-state index >= 15 is 0 Å². The maximum atomic E-state index is 13.1. The molecule has 80 valence electrons. The maximum absolute atomic E-state index is 13.1. The molecular weight excluding hydrogens is 205 g/mol. The van der Waals surface area contributed by atoms with Crippen LogP contribution in [0.1, 0.15) is 24.1 Å². The molecule has 14 heavy (non-hydrogen) atoms. The molecule has 0 bridgehead atoms. The fraction of sp³-hybridized carbons (Fsp3) is 0.400. The zero-order chi connectivity index (χ0) is 10.0. The Morgan fingerprint density at radius 3 is 2.50 bits per heavy atom. The minimum Gasteiger partial charge on any atom is -0.391 e. The van der Waals surface area contributed by atoms with Crippen LogP contribution in [0, 0.1) is 12.7 Å². The first-order valence-electron chi connectivity index (χ1n) is 4.22. The normalized spacial score (nSPS) is 14.4. The van der Waals surface area contributed by atoms with E-state index in [-0.39, 0.29) is 18.2 Å². The Kier molecular flexibility index (Phi) is 5.05. The highest BCUT2D eigenvalue weighted by Gasteiger charge is 2.15. The molecule has 0 saturated carbocycles. The van der Waals surface area contributed by atoms with Crippen molar-refractivity contribution >= 4 is 12.4 Å². The van der Waals surface area contributed by atoms with Crippen LogP contribution in [-0.4, -0.2) is 11.2 Å². The van der Waals surface area contributed by atoms with E-state index in [2.05, 4.69) is 0 Å². The highest BCUT2D eigenvalue weighted by atomic mass is 35.5. The molecule has 1 rings (SSSR count). The predicted octanol–water partition coefficient (Wildman–Crippen LogP) is 1.94.